The number of phosphoric acid groups is 1. The van der Waals surface area contributed by atoms with Crippen molar-refractivity contribution in [3.05, 3.63) is 36.5 Å². The van der Waals surface area contributed by atoms with Crippen molar-refractivity contribution in [2.24, 2.45) is 0 Å². The van der Waals surface area contributed by atoms with Gasteiger partial charge in [0.15, 0.2) is 6.10 Å². The molecule has 0 saturated heterocycles. The number of hydrogen-bond donors (Lipinski definition) is 2. The van der Waals surface area contributed by atoms with E-state index < -0.39 is 32.5 Å². The fourth-order valence-electron chi connectivity index (χ4n) is 4.91. The first-order valence-corrected chi connectivity index (χ1v) is 19.8. The van der Waals surface area contributed by atoms with Crippen LogP contribution in [-0.2, 0) is 28.2 Å². The van der Waals surface area contributed by atoms with Crippen LogP contribution in [0.3, 0.4) is 0 Å². The van der Waals surface area contributed by atoms with Crippen LogP contribution in [0.25, 0.3) is 0 Å². The van der Waals surface area contributed by atoms with E-state index >= 15 is 0 Å². The maximum atomic E-state index is 12.3. The van der Waals surface area contributed by atoms with Crippen molar-refractivity contribution >= 4 is 19.8 Å². The molecule has 0 heterocycles. The van der Waals surface area contributed by atoms with Gasteiger partial charge in [-0.05, 0) is 51.4 Å². The van der Waals surface area contributed by atoms with E-state index in [0.717, 1.165) is 51.4 Å². The van der Waals surface area contributed by atoms with Crippen LogP contribution in [0.4, 0.5) is 0 Å². The molecule has 0 aliphatic heterocycles. The van der Waals surface area contributed by atoms with Crippen molar-refractivity contribution in [3.63, 3.8) is 0 Å². The third-order valence-electron chi connectivity index (χ3n) is 7.66. The van der Waals surface area contributed by atoms with Crippen molar-refractivity contribution in [3.8, 4) is 0 Å². The Balaban J connectivity index is 4.05. The second kappa shape index (κ2) is 33.2. The molecule has 0 aliphatic carbocycles. The number of ether oxygens (including phenoxy) is 2. The van der Waals surface area contributed by atoms with E-state index in [0.29, 0.717) is 12.8 Å². The van der Waals surface area contributed by atoms with Crippen LogP contribution in [0.15, 0.2) is 36.5 Å². The Morgan fingerprint density at radius 2 is 0.978 bits per heavy atom. The van der Waals surface area contributed by atoms with Gasteiger partial charge in [0.2, 0.25) is 0 Å². The molecule has 2 N–H and O–H groups in total. The number of carbonyl (C=O) groups excluding carboxylic acids is 2. The summed E-state index contributed by atoms with van der Waals surface area (Å²) >= 11 is 0. The number of esters is 2. The molecule has 0 aromatic carbocycles. The molecule has 9 heteroatoms. The van der Waals surface area contributed by atoms with Crippen LogP contribution >= 0.6 is 7.82 Å². The number of carbonyl (C=O) groups is 2. The van der Waals surface area contributed by atoms with E-state index in [4.69, 9.17) is 19.3 Å². The Morgan fingerprint density at radius 3 is 1.50 bits per heavy atom. The highest BCUT2D eigenvalue weighted by atomic mass is 31.2. The average molecular weight is 671 g/mol. The predicted molar refractivity (Wildman–Crippen MR) is 188 cm³/mol. The average Bonchev–Trinajstić information content (AvgIpc) is 3.02. The Kier molecular flexibility index (Phi) is 31.9. The lowest BCUT2D eigenvalue weighted by atomic mass is 10.0. The summed E-state index contributed by atoms with van der Waals surface area (Å²) in [7, 11) is -4.75. The second-order valence-corrected chi connectivity index (χ2v) is 13.4. The quantitative estimate of drug-likeness (QED) is 0.0306. The zero-order valence-electron chi connectivity index (χ0n) is 29.2. The van der Waals surface area contributed by atoms with E-state index in [1.54, 1.807) is 0 Å². The van der Waals surface area contributed by atoms with E-state index in [9.17, 15) is 14.2 Å². The van der Waals surface area contributed by atoms with Crippen LogP contribution in [0.5, 0.6) is 0 Å². The first-order chi connectivity index (χ1) is 22.3. The molecule has 0 aliphatic rings. The molecule has 0 saturated carbocycles. The lowest BCUT2D eigenvalue weighted by Crippen LogP contribution is -2.29. The standard InChI is InChI=1S/C37H67O8P/c1-3-5-7-9-11-13-15-17-18-20-21-23-25-27-29-31-36(38)43-33-35(34-44-46(40,41)42)45-37(39)32-30-28-26-24-22-19-16-14-12-10-8-6-4-2/h11,13,17-18,21,23,35H,3-10,12,14-16,19-20,22,24-34H2,1-2H3,(H2,40,41,42)/b13-11-,18-17-,23-21-/t35-/m1/s1. The molecule has 0 amide bonds. The van der Waals surface area contributed by atoms with E-state index in [1.807, 2.05) is 0 Å². The van der Waals surface area contributed by atoms with Gasteiger partial charge in [-0.3, -0.25) is 14.1 Å². The van der Waals surface area contributed by atoms with Crippen molar-refractivity contribution in [2.75, 3.05) is 13.2 Å². The van der Waals surface area contributed by atoms with Gasteiger partial charge in [0.25, 0.3) is 0 Å². The van der Waals surface area contributed by atoms with Crippen LogP contribution in [0.1, 0.15) is 168 Å². The summed E-state index contributed by atoms with van der Waals surface area (Å²) in [5.74, 6) is -0.928. The monoisotopic (exact) mass is 670 g/mol. The lowest BCUT2D eigenvalue weighted by Gasteiger charge is -2.18. The molecule has 0 fully saturated rings. The molecule has 46 heavy (non-hydrogen) atoms. The number of phosphoric ester groups is 1. The Morgan fingerprint density at radius 1 is 0.565 bits per heavy atom. The summed E-state index contributed by atoms with van der Waals surface area (Å²) in [5.41, 5.74) is 0. The highest BCUT2D eigenvalue weighted by molar-refractivity contribution is 7.46. The third-order valence-corrected chi connectivity index (χ3v) is 8.15. The highest BCUT2D eigenvalue weighted by Crippen LogP contribution is 2.36. The smallest absolute Gasteiger partial charge is 0.462 e. The Hall–Kier alpha value is -1.73. The third kappa shape index (κ3) is 35.1. The van der Waals surface area contributed by atoms with Gasteiger partial charge in [-0.2, -0.15) is 0 Å². The number of unbranched alkanes of at least 4 members (excludes halogenated alkanes) is 17. The second-order valence-electron chi connectivity index (χ2n) is 12.2. The molecule has 0 radical (unpaired) electrons. The van der Waals surface area contributed by atoms with Gasteiger partial charge in [0.05, 0.1) is 6.61 Å². The van der Waals surface area contributed by atoms with Crippen LogP contribution in [0, 0.1) is 0 Å². The normalized spacial score (nSPS) is 12.9. The zero-order valence-corrected chi connectivity index (χ0v) is 30.1. The minimum absolute atomic E-state index is 0.206. The van der Waals surface area contributed by atoms with Crippen molar-refractivity contribution in [1.82, 2.24) is 0 Å². The number of hydrogen-bond acceptors (Lipinski definition) is 6. The molecule has 0 spiro atoms. The van der Waals surface area contributed by atoms with Gasteiger partial charge >= 0.3 is 19.8 Å². The predicted octanol–water partition coefficient (Wildman–Crippen LogP) is 10.6. The Bertz CT molecular complexity index is 848. The van der Waals surface area contributed by atoms with Gasteiger partial charge in [0.1, 0.15) is 6.61 Å². The lowest BCUT2D eigenvalue weighted by molar-refractivity contribution is -0.161. The highest BCUT2D eigenvalue weighted by Gasteiger charge is 2.22. The maximum Gasteiger partial charge on any atom is 0.469 e. The van der Waals surface area contributed by atoms with Gasteiger partial charge in [-0.15, -0.1) is 0 Å². The molecular formula is C37H67O8P. The molecule has 0 bridgehead atoms. The molecule has 0 aromatic heterocycles. The largest absolute Gasteiger partial charge is 0.469 e. The number of rotatable bonds is 33. The van der Waals surface area contributed by atoms with Gasteiger partial charge in [0, 0.05) is 12.8 Å². The fraction of sp³-hybridized carbons (Fsp3) is 0.784. The Labute approximate surface area is 281 Å². The van der Waals surface area contributed by atoms with Crippen molar-refractivity contribution in [1.29, 1.82) is 0 Å². The summed E-state index contributed by atoms with van der Waals surface area (Å²) < 4.78 is 26.2. The molecule has 8 nitrogen and oxygen atoms in total. The fourth-order valence-corrected chi connectivity index (χ4v) is 5.27. The van der Waals surface area contributed by atoms with E-state index in [-0.39, 0.29) is 19.4 Å². The first kappa shape index (κ1) is 44.3. The maximum absolute atomic E-state index is 12.3. The van der Waals surface area contributed by atoms with Crippen LogP contribution in [0.2, 0.25) is 0 Å². The summed E-state index contributed by atoms with van der Waals surface area (Å²) in [6.45, 7) is 3.61. The molecule has 0 rings (SSSR count). The summed E-state index contributed by atoms with van der Waals surface area (Å²) in [6, 6.07) is 0. The zero-order chi connectivity index (χ0) is 34.0. The molecular weight excluding hydrogens is 603 g/mol. The summed E-state index contributed by atoms with van der Waals surface area (Å²) in [6.07, 6.45) is 37.2. The molecule has 0 unspecified atom stereocenters. The molecule has 268 valence electrons. The number of allylic oxidation sites excluding steroid dienone is 6. The van der Waals surface area contributed by atoms with Gasteiger partial charge in [-0.1, -0.05) is 140 Å². The summed E-state index contributed by atoms with van der Waals surface area (Å²) in [4.78, 5) is 42.6. The minimum atomic E-state index is -4.75. The van der Waals surface area contributed by atoms with Crippen molar-refractivity contribution in [2.45, 2.75) is 174 Å². The van der Waals surface area contributed by atoms with Crippen LogP contribution < -0.4 is 0 Å². The van der Waals surface area contributed by atoms with Gasteiger partial charge in [-0.25, -0.2) is 4.57 Å². The van der Waals surface area contributed by atoms with Crippen molar-refractivity contribution < 1.29 is 37.9 Å². The van der Waals surface area contributed by atoms with E-state index in [2.05, 4.69) is 54.8 Å². The molecule has 1 atom stereocenters. The van der Waals surface area contributed by atoms with E-state index in [1.165, 1.54) is 77.0 Å². The minimum Gasteiger partial charge on any atom is -0.462 e. The first-order valence-electron chi connectivity index (χ1n) is 18.3. The molecule has 0 aromatic rings. The van der Waals surface area contributed by atoms with Crippen LogP contribution in [-0.4, -0.2) is 41.0 Å². The van der Waals surface area contributed by atoms with Gasteiger partial charge < -0.3 is 19.3 Å². The summed E-state index contributed by atoms with van der Waals surface area (Å²) in [5, 5.41) is 0. The topological polar surface area (TPSA) is 119 Å². The SMILES string of the molecule is CCCCC/C=C\C/C=C\C/C=C\CCCCC(=O)OC[C@H](COP(=O)(O)O)OC(=O)CCCCCCCCCCCCCCC.